The molecular formula is C22H41N5O8. The van der Waals surface area contributed by atoms with Gasteiger partial charge >= 0.3 is 23.9 Å². The lowest BCUT2D eigenvalue weighted by Gasteiger charge is -2.35. The molecule has 0 radical (unpaired) electrons. The number of carboxylic acid groups (broad SMARTS) is 4. The summed E-state index contributed by atoms with van der Waals surface area (Å²) in [7, 11) is 0. The molecule has 1 heterocycles. The lowest BCUT2D eigenvalue weighted by atomic mass is 10.1. The first-order valence-electron chi connectivity index (χ1n) is 11.8. The summed E-state index contributed by atoms with van der Waals surface area (Å²) in [5, 5.41) is 41.1. The van der Waals surface area contributed by atoms with Gasteiger partial charge in [0.05, 0.1) is 19.6 Å². The third-order valence-corrected chi connectivity index (χ3v) is 5.75. The molecule has 13 nitrogen and oxygen atoms in total. The Labute approximate surface area is 206 Å². The molecule has 0 bridgehead atoms. The Balaban J connectivity index is 3.09. The molecule has 1 rings (SSSR count). The smallest absolute Gasteiger partial charge is 0.320 e. The largest absolute Gasteiger partial charge is 0.480 e. The molecule has 35 heavy (non-hydrogen) atoms. The van der Waals surface area contributed by atoms with E-state index in [1.807, 2.05) is 20.8 Å². The first-order chi connectivity index (χ1) is 16.3. The van der Waals surface area contributed by atoms with Crippen molar-refractivity contribution in [2.75, 3.05) is 78.5 Å². The maximum absolute atomic E-state index is 12.1. The van der Waals surface area contributed by atoms with Crippen molar-refractivity contribution in [2.24, 2.45) is 0 Å². The highest BCUT2D eigenvalue weighted by molar-refractivity contribution is 5.73. The highest BCUT2D eigenvalue weighted by Crippen LogP contribution is 2.09. The number of nitrogens with zero attached hydrogens (tertiary/aromatic N) is 4. The minimum absolute atomic E-state index is 0.177. The van der Waals surface area contributed by atoms with E-state index in [1.54, 1.807) is 19.6 Å². The predicted octanol–water partition coefficient (Wildman–Crippen LogP) is -1.31. The van der Waals surface area contributed by atoms with E-state index in [9.17, 15) is 39.6 Å². The summed E-state index contributed by atoms with van der Waals surface area (Å²) < 4.78 is 0. The van der Waals surface area contributed by atoms with Crippen molar-refractivity contribution in [2.45, 2.75) is 38.8 Å². The molecule has 0 aromatic carbocycles. The zero-order chi connectivity index (χ0) is 26.6. The van der Waals surface area contributed by atoms with Gasteiger partial charge in [-0.1, -0.05) is 0 Å². The fourth-order valence-electron chi connectivity index (χ4n) is 3.96. The summed E-state index contributed by atoms with van der Waals surface area (Å²) in [6.07, 6.45) is 0.330. The summed E-state index contributed by atoms with van der Waals surface area (Å²) in [5.41, 5.74) is -0.177. The van der Waals surface area contributed by atoms with Crippen LogP contribution in [0.1, 0.15) is 27.2 Å². The zero-order valence-electron chi connectivity index (χ0n) is 21.0. The Morgan fingerprint density at radius 1 is 0.686 bits per heavy atom. The Hall–Kier alpha value is -2.32. The van der Waals surface area contributed by atoms with Crippen LogP contribution in [0.4, 0.5) is 0 Å². The van der Waals surface area contributed by atoms with E-state index in [1.165, 1.54) is 0 Å². The van der Waals surface area contributed by atoms with Crippen LogP contribution in [0.15, 0.2) is 0 Å². The summed E-state index contributed by atoms with van der Waals surface area (Å²) in [5.74, 6) is -4.06. The average Bonchev–Trinajstić information content (AvgIpc) is 2.69. The van der Waals surface area contributed by atoms with Crippen molar-refractivity contribution in [1.29, 1.82) is 0 Å². The number of carbonyl (C=O) groups is 4. The van der Waals surface area contributed by atoms with Crippen LogP contribution < -0.4 is 5.32 Å². The quantitative estimate of drug-likeness (QED) is 0.225. The number of nitrogens with one attached hydrogen (secondary N) is 1. The molecule has 1 atom stereocenters. The highest BCUT2D eigenvalue weighted by atomic mass is 16.4. The van der Waals surface area contributed by atoms with Gasteiger partial charge < -0.3 is 25.7 Å². The molecule has 5 N–H and O–H groups in total. The number of rotatable bonds is 11. The van der Waals surface area contributed by atoms with Crippen molar-refractivity contribution >= 4 is 23.9 Å². The fraction of sp³-hybridized carbons (Fsp3) is 0.818. The predicted molar refractivity (Wildman–Crippen MR) is 128 cm³/mol. The maximum atomic E-state index is 12.1. The lowest BCUT2D eigenvalue weighted by Crippen LogP contribution is -2.52. The SMILES string of the molecule is CC(C)(C)NCCC(C(=O)O)N1CCN(CC(=O)O)CCN(CC(=O)O)CCN(CC(=O)O)CC1. The maximum Gasteiger partial charge on any atom is 0.320 e. The van der Waals surface area contributed by atoms with Gasteiger partial charge in [0.15, 0.2) is 0 Å². The third kappa shape index (κ3) is 14.0. The van der Waals surface area contributed by atoms with Crippen molar-refractivity contribution in [3.05, 3.63) is 0 Å². The fourth-order valence-corrected chi connectivity index (χ4v) is 3.96. The summed E-state index contributed by atoms with van der Waals surface area (Å²) in [6.45, 7) is 7.97. The minimum Gasteiger partial charge on any atom is -0.480 e. The van der Waals surface area contributed by atoms with Gasteiger partial charge in [0, 0.05) is 57.9 Å². The molecule has 0 spiro atoms. The molecule has 202 valence electrons. The van der Waals surface area contributed by atoms with Crippen LogP contribution in [-0.2, 0) is 19.2 Å². The number of hydrogen-bond donors (Lipinski definition) is 5. The van der Waals surface area contributed by atoms with Crippen molar-refractivity contribution in [3.63, 3.8) is 0 Å². The molecule has 0 aliphatic carbocycles. The van der Waals surface area contributed by atoms with Gasteiger partial charge in [0.2, 0.25) is 0 Å². The molecule has 0 aromatic rings. The Morgan fingerprint density at radius 3 is 1.31 bits per heavy atom. The second kappa shape index (κ2) is 14.9. The van der Waals surface area contributed by atoms with Crippen molar-refractivity contribution in [3.8, 4) is 0 Å². The molecule has 0 aromatic heterocycles. The number of carboxylic acids is 4. The van der Waals surface area contributed by atoms with Crippen LogP contribution in [-0.4, -0.2) is 154 Å². The van der Waals surface area contributed by atoms with E-state index in [0.29, 0.717) is 26.1 Å². The van der Waals surface area contributed by atoms with Crippen LogP contribution in [0.25, 0.3) is 0 Å². The van der Waals surface area contributed by atoms with Crippen LogP contribution in [0.3, 0.4) is 0 Å². The second-order valence-electron chi connectivity index (χ2n) is 9.87. The van der Waals surface area contributed by atoms with Crippen LogP contribution in [0.5, 0.6) is 0 Å². The van der Waals surface area contributed by atoms with Crippen LogP contribution in [0.2, 0.25) is 0 Å². The zero-order valence-corrected chi connectivity index (χ0v) is 21.0. The van der Waals surface area contributed by atoms with Gasteiger partial charge in [-0.15, -0.1) is 0 Å². The van der Waals surface area contributed by atoms with Gasteiger partial charge in [0.25, 0.3) is 0 Å². The van der Waals surface area contributed by atoms with Gasteiger partial charge in [-0.25, -0.2) is 0 Å². The Kier molecular flexibility index (Phi) is 13.1. The van der Waals surface area contributed by atoms with Crippen LogP contribution >= 0.6 is 0 Å². The lowest BCUT2D eigenvalue weighted by molar-refractivity contribution is -0.145. The first kappa shape index (κ1) is 30.7. The molecule has 1 fully saturated rings. The van der Waals surface area contributed by atoms with Crippen LogP contribution in [0, 0.1) is 0 Å². The first-order valence-corrected chi connectivity index (χ1v) is 11.8. The molecule has 1 unspecified atom stereocenters. The molecule has 1 aliphatic heterocycles. The van der Waals surface area contributed by atoms with Crippen molar-refractivity contribution < 1.29 is 39.6 Å². The van der Waals surface area contributed by atoms with E-state index in [4.69, 9.17) is 0 Å². The third-order valence-electron chi connectivity index (χ3n) is 5.75. The molecule has 13 heteroatoms. The Bertz CT molecular complexity index is 682. The molecule has 1 saturated heterocycles. The van der Waals surface area contributed by atoms with Gasteiger partial charge in [-0.2, -0.15) is 0 Å². The standard InChI is InChI=1S/C22H41N5O8/c1-22(2,3)23-5-4-17(21(34)35)27-12-10-25(15-19(30)31)8-6-24(14-18(28)29)7-9-26(11-13-27)16-20(32)33/h17,23H,4-16H2,1-3H3,(H,28,29)(H,30,31)(H,32,33)(H,34,35). The average molecular weight is 504 g/mol. The van der Waals surface area contributed by atoms with Crippen molar-refractivity contribution in [1.82, 2.24) is 24.9 Å². The molecular weight excluding hydrogens is 462 g/mol. The van der Waals surface area contributed by atoms with Gasteiger partial charge in [-0.3, -0.25) is 38.8 Å². The minimum atomic E-state index is -1.02. The molecule has 1 aliphatic rings. The number of hydrogen-bond acceptors (Lipinski definition) is 9. The van der Waals surface area contributed by atoms with E-state index in [2.05, 4.69) is 5.32 Å². The van der Waals surface area contributed by atoms with Gasteiger partial charge in [-0.05, 0) is 33.7 Å². The Morgan fingerprint density at radius 2 is 1.03 bits per heavy atom. The van der Waals surface area contributed by atoms with Gasteiger partial charge in [0.1, 0.15) is 6.04 Å². The van der Waals surface area contributed by atoms with E-state index in [-0.39, 0.29) is 64.4 Å². The summed E-state index contributed by atoms with van der Waals surface area (Å²) in [4.78, 5) is 52.9. The normalized spacial score (nSPS) is 19.4. The second-order valence-corrected chi connectivity index (χ2v) is 9.87. The van der Waals surface area contributed by atoms with E-state index in [0.717, 1.165) is 0 Å². The van der Waals surface area contributed by atoms with E-state index < -0.39 is 29.9 Å². The number of aliphatic carboxylic acids is 4. The monoisotopic (exact) mass is 503 g/mol. The molecule has 0 saturated carbocycles. The summed E-state index contributed by atoms with van der Waals surface area (Å²) in [6, 6.07) is -0.824. The molecule has 0 amide bonds. The highest BCUT2D eigenvalue weighted by Gasteiger charge is 2.28. The van der Waals surface area contributed by atoms with E-state index >= 15 is 0 Å². The summed E-state index contributed by atoms with van der Waals surface area (Å²) >= 11 is 0. The topological polar surface area (TPSA) is 174 Å².